The molecule has 0 aliphatic carbocycles. The molecular formula is C12H25NOS. The van der Waals surface area contributed by atoms with Gasteiger partial charge < -0.3 is 10.1 Å². The van der Waals surface area contributed by atoms with Crippen molar-refractivity contribution in [1.29, 1.82) is 0 Å². The standard InChI is InChI=1S/C12H25NOS/c1-10(2)11(3)13-6-9-15-12-4-7-14-8-5-12/h10-13H,4-9H2,1-3H3. The van der Waals surface area contributed by atoms with E-state index in [1.807, 2.05) is 0 Å². The summed E-state index contributed by atoms with van der Waals surface area (Å²) in [5.41, 5.74) is 0. The molecule has 0 spiro atoms. The lowest BCUT2D eigenvalue weighted by Gasteiger charge is -2.22. The van der Waals surface area contributed by atoms with Crippen molar-refractivity contribution in [2.45, 2.75) is 44.9 Å². The Labute approximate surface area is 98.5 Å². The van der Waals surface area contributed by atoms with E-state index in [0.717, 1.165) is 30.9 Å². The van der Waals surface area contributed by atoms with E-state index in [1.165, 1.54) is 18.6 Å². The molecule has 90 valence electrons. The molecule has 0 aromatic rings. The third-order valence-electron chi connectivity index (χ3n) is 3.09. The molecule has 0 aromatic carbocycles. The van der Waals surface area contributed by atoms with Gasteiger partial charge in [0.05, 0.1) is 0 Å². The zero-order chi connectivity index (χ0) is 11.1. The number of nitrogens with one attached hydrogen (secondary N) is 1. The average Bonchev–Trinajstić information content (AvgIpc) is 2.25. The van der Waals surface area contributed by atoms with Crippen molar-refractivity contribution in [1.82, 2.24) is 5.32 Å². The maximum Gasteiger partial charge on any atom is 0.0476 e. The zero-order valence-corrected chi connectivity index (χ0v) is 11.1. The van der Waals surface area contributed by atoms with E-state index in [4.69, 9.17) is 4.74 Å². The van der Waals surface area contributed by atoms with Gasteiger partial charge in [0.25, 0.3) is 0 Å². The predicted octanol–water partition coefficient (Wildman–Crippen LogP) is 2.53. The van der Waals surface area contributed by atoms with Crippen LogP contribution in [-0.2, 0) is 4.74 Å². The Kier molecular flexibility index (Phi) is 6.69. The molecule has 0 amide bonds. The summed E-state index contributed by atoms with van der Waals surface area (Å²) in [7, 11) is 0. The monoisotopic (exact) mass is 231 g/mol. The molecule has 2 nitrogen and oxygen atoms in total. The van der Waals surface area contributed by atoms with Crippen LogP contribution in [-0.4, -0.2) is 36.8 Å². The van der Waals surface area contributed by atoms with Crippen molar-refractivity contribution >= 4 is 11.8 Å². The number of rotatable bonds is 6. The first-order valence-corrected chi connectivity index (χ1v) is 7.17. The van der Waals surface area contributed by atoms with Gasteiger partial charge >= 0.3 is 0 Å². The van der Waals surface area contributed by atoms with Crippen LogP contribution >= 0.6 is 11.8 Å². The molecule has 1 aliphatic heterocycles. The van der Waals surface area contributed by atoms with Gasteiger partial charge in [-0.15, -0.1) is 0 Å². The lowest BCUT2D eigenvalue weighted by atomic mass is 10.1. The predicted molar refractivity (Wildman–Crippen MR) is 68.6 cm³/mol. The van der Waals surface area contributed by atoms with Crippen molar-refractivity contribution in [3.8, 4) is 0 Å². The van der Waals surface area contributed by atoms with Gasteiger partial charge in [0.15, 0.2) is 0 Å². The van der Waals surface area contributed by atoms with Gasteiger partial charge in [0, 0.05) is 36.8 Å². The van der Waals surface area contributed by atoms with Crippen LogP contribution in [0.2, 0.25) is 0 Å². The summed E-state index contributed by atoms with van der Waals surface area (Å²) >= 11 is 2.11. The highest BCUT2D eigenvalue weighted by molar-refractivity contribution is 7.99. The number of thioether (sulfide) groups is 1. The minimum atomic E-state index is 0.639. The summed E-state index contributed by atoms with van der Waals surface area (Å²) in [6.07, 6.45) is 2.48. The SMILES string of the molecule is CC(C)C(C)NCCSC1CCOCC1. The highest BCUT2D eigenvalue weighted by atomic mass is 32.2. The fourth-order valence-electron chi connectivity index (χ4n) is 1.59. The molecule has 1 unspecified atom stereocenters. The lowest BCUT2D eigenvalue weighted by molar-refractivity contribution is 0.100. The maximum atomic E-state index is 5.35. The van der Waals surface area contributed by atoms with Crippen LogP contribution < -0.4 is 5.32 Å². The molecule has 15 heavy (non-hydrogen) atoms. The first-order chi connectivity index (χ1) is 7.20. The number of ether oxygens (including phenoxy) is 1. The second-order valence-corrected chi connectivity index (χ2v) is 6.08. The zero-order valence-electron chi connectivity index (χ0n) is 10.3. The minimum absolute atomic E-state index is 0.639. The molecule has 1 heterocycles. The number of hydrogen-bond acceptors (Lipinski definition) is 3. The van der Waals surface area contributed by atoms with Crippen LogP contribution in [0.25, 0.3) is 0 Å². The molecule has 0 bridgehead atoms. The topological polar surface area (TPSA) is 21.3 Å². The molecule has 1 saturated heterocycles. The summed E-state index contributed by atoms with van der Waals surface area (Å²) in [4.78, 5) is 0. The lowest BCUT2D eigenvalue weighted by Crippen LogP contribution is -2.32. The third kappa shape index (κ3) is 5.79. The van der Waals surface area contributed by atoms with Crippen molar-refractivity contribution in [3.05, 3.63) is 0 Å². The Bertz CT molecular complexity index is 158. The molecular weight excluding hydrogens is 206 g/mol. The van der Waals surface area contributed by atoms with Crippen molar-refractivity contribution < 1.29 is 4.74 Å². The van der Waals surface area contributed by atoms with Crippen LogP contribution in [0, 0.1) is 5.92 Å². The molecule has 3 heteroatoms. The molecule has 1 rings (SSSR count). The van der Waals surface area contributed by atoms with E-state index in [1.54, 1.807) is 0 Å². The minimum Gasteiger partial charge on any atom is -0.381 e. The summed E-state index contributed by atoms with van der Waals surface area (Å²) in [5.74, 6) is 1.97. The molecule has 1 N–H and O–H groups in total. The fourth-order valence-corrected chi connectivity index (χ4v) is 2.69. The van der Waals surface area contributed by atoms with E-state index in [9.17, 15) is 0 Å². The normalized spacial score (nSPS) is 20.8. The molecule has 0 saturated carbocycles. The third-order valence-corrected chi connectivity index (χ3v) is 4.47. The van der Waals surface area contributed by atoms with E-state index in [2.05, 4.69) is 37.8 Å². The van der Waals surface area contributed by atoms with Gasteiger partial charge in [0.2, 0.25) is 0 Å². The van der Waals surface area contributed by atoms with Crippen molar-refractivity contribution in [2.75, 3.05) is 25.5 Å². The smallest absolute Gasteiger partial charge is 0.0476 e. The van der Waals surface area contributed by atoms with Crippen LogP contribution in [0.4, 0.5) is 0 Å². The summed E-state index contributed by atoms with van der Waals surface area (Å²) in [5, 5.41) is 4.41. The second-order valence-electron chi connectivity index (χ2n) is 4.67. The molecule has 1 atom stereocenters. The van der Waals surface area contributed by atoms with Gasteiger partial charge in [-0.05, 0) is 25.7 Å². The van der Waals surface area contributed by atoms with Crippen LogP contribution in [0.1, 0.15) is 33.6 Å². The quantitative estimate of drug-likeness (QED) is 0.710. The van der Waals surface area contributed by atoms with E-state index in [0.29, 0.717) is 6.04 Å². The first kappa shape index (κ1) is 13.3. The number of hydrogen-bond donors (Lipinski definition) is 1. The molecule has 0 aromatic heterocycles. The van der Waals surface area contributed by atoms with Crippen molar-refractivity contribution in [2.24, 2.45) is 5.92 Å². The summed E-state index contributed by atoms with van der Waals surface area (Å²) in [6, 6.07) is 0.639. The molecule has 0 radical (unpaired) electrons. The molecule has 1 aliphatic rings. The van der Waals surface area contributed by atoms with Gasteiger partial charge in [-0.2, -0.15) is 11.8 Å². The second kappa shape index (κ2) is 7.53. The molecule has 1 fully saturated rings. The maximum absolute atomic E-state index is 5.35. The van der Waals surface area contributed by atoms with E-state index >= 15 is 0 Å². The highest BCUT2D eigenvalue weighted by Crippen LogP contribution is 2.21. The van der Waals surface area contributed by atoms with Gasteiger partial charge in [0.1, 0.15) is 0 Å². The Balaban J connectivity index is 1.96. The highest BCUT2D eigenvalue weighted by Gasteiger charge is 2.13. The summed E-state index contributed by atoms with van der Waals surface area (Å²) < 4.78 is 5.35. The van der Waals surface area contributed by atoms with E-state index in [-0.39, 0.29) is 0 Å². The fraction of sp³-hybridized carbons (Fsp3) is 1.00. The van der Waals surface area contributed by atoms with Gasteiger partial charge in [-0.3, -0.25) is 0 Å². The van der Waals surface area contributed by atoms with Crippen molar-refractivity contribution in [3.63, 3.8) is 0 Å². The van der Waals surface area contributed by atoms with Crippen LogP contribution in [0.5, 0.6) is 0 Å². The summed E-state index contributed by atoms with van der Waals surface area (Å²) in [6.45, 7) is 9.87. The Hall–Kier alpha value is 0.270. The average molecular weight is 231 g/mol. The van der Waals surface area contributed by atoms with E-state index < -0.39 is 0 Å². The van der Waals surface area contributed by atoms with Crippen LogP contribution in [0.15, 0.2) is 0 Å². The Morgan fingerprint density at radius 3 is 2.53 bits per heavy atom. The largest absolute Gasteiger partial charge is 0.381 e. The van der Waals surface area contributed by atoms with Crippen LogP contribution in [0.3, 0.4) is 0 Å². The Morgan fingerprint density at radius 1 is 1.27 bits per heavy atom. The Morgan fingerprint density at radius 2 is 1.93 bits per heavy atom. The van der Waals surface area contributed by atoms with Gasteiger partial charge in [-0.1, -0.05) is 13.8 Å². The van der Waals surface area contributed by atoms with Gasteiger partial charge in [-0.25, -0.2) is 0 Å². The first-order valence-electron chi connectivity index (χ1n) is 6.13.